The lowest BCUT2D eigenvalue weighted by Crippen LogP contribution is -2.45. The van der Waals surface area contributed by atoms with Crippen LogP contribution in [0.5, 0.6) is 0 Å². The monoisotopic (exact) mass is 284 g/mol. The number of aliphatic carboxylic acids is 1. The molecule has 1 unspecified atom stereocenters. The molecule has 0 saturated carbocycles. The van der Waals surface area contributed by atoms with E-state index in [-0.39, 0.29) is 24.9 Å². The van der Waals surface area contributed by atoms with Gasteiger partial charge >= 0.3 is 5.97 Å². The van der Waals surface area contributed by atoms with E-state index >= 15 is 0 Å². The van der Waals surface area contributed by atoms with E-state index in [1.807, 2.05) is 0 Å². The number of carbonyl (C=O) groups is 3. The van der Waals surface area contributed by atoms with Crippen molar-refractivity contribution in [3.63, 3.8) is 0 Å². The van der Waals surface area contributed by atoms with Crippen LogP contribution in [0.15, 0.2) is 0 Å². The summed E-state index contributed by atoms with van der Waals surface area (Å²) in [6, 6.07) is 0. The molecule has 0 aromatic carbocycles. The summed E-state index contributed by atoms with van der Waals surface area (Å²) in [6.07, 6.45) is 3.74. The van der Waals surface area contributed by atoms with Crippen molar-refractivity contribution >= 4 is 17.8 Å². The second-order valence-corrected chi connectivity index (χ2v) is 5.62. The fourth-order valence-electron chi connectivity index (χ4n) is 2.08. The number of nitrogens with one attached hydrogen (secondary N) is 1. The molecule has 1 aliphatic heterocycles. The van der Waals surface area contributed by atoms with Gasteiger partial charge in [-0.15, -0.1) is 0 Å². The van der Waals surface area contributed by atoms with Gasteiger partial charge in [-0.3, -0.25) is 14.4 Å². The van der Waals surface area contributed by atoms with Crippen molar-refractivity contribution in [3.8, 4) is 0 Å². The van der Waals surface area contributed by atoms with Crippen LogP contribution in [-0.2, 0) is 14.4 Å². The van der Waals surface area contributed by atoms with Crippen molar-refractivity contribution in [1.82, 2.24) is 10.2 Å². The molecule has 6 nitrogen and oxygen atoms in total. The molecular formula is C14H24N2O4. The van der Waals surface area contributed by atoms with Crippen LogP contribution in [0, 0.1) is 5.41 Å². The zero-order chi connectivity index (χ0) is 15.2. The van der Waals surface area contributed by atoms with Gasteiger partial charge in [-0.05, 0) is 26.2 Å². The Kier molecular flexibility index (Phi) is 5.98. The highest BCUT2D eigenvalue weighted by molar-refractivity contribution is 5.85. The Morgan fingerprint density at radius 1 is 1.35 bits per heavy atom. The van der Waals surface area contributed by atoms with E-state index < -0.39 is 11.4 Å². The van der Waals surface area contributed by atoms with Gasteiger partial charge in [0, 0.05) is 19.5 Å². The summed E-state index contributed by atoms with van der Waals surface area (Å²) in [5, 5.41) is 11.8. The van der Waals surface area contributed by atoms with E-state index in [0.717, 1.165) is 19.3 Å². The lowest BCUT2D eigenvalue weighted by molar-refractivity contribution is -0.148. The van der Waals surface area contributed by atoms with Crippen molar-refractivity contribution < 1.29 is 19.5 Å². The van der Waals surface area contributed by atoms with Crippen molar-refractivity contribution in [1.29, 1.82) is 0 Å². The van der Waals surface area contributed by atoms with Crippen LogP contribution < -0.4 is 5.32 Å². The molecule has 0 aromatic rings. The summed E-state index contributed by atoms with van der Waals surface area (Å²) in [5.74, 6) is -1.21. The standard InChI is InChI=1S/C14H24N2O4/c1-3-14(2,13(19)20)10-15-11(17)9-16-8-6-4-5-7-12(16)18/h3-10H2,1-2H3,(H,15,17)(H,19,20). The number of hydrogen-bond donors (Lipinski definition) is 2. The van der Waals surface area contributed by atoms with Crippen molar-refractivity contribution in [3.05, 3.63) is 0 Å². The molecule has 20 heavy (non-hydrogen) atoms. The van der Waals surface area contributed by atoms with Crippen LogP contribution in [0.2, 0.25) is 0 Å². The summed E-state index contributed by atoms with van der Waals surface area (Å²) < 4.78 is 0. The van der Waals surface area contributed by atoms with E-state index in [1.165, 1.54) is 0 Å². The molecule has 2 N–H and O–H groups in total. The second kappa shape index (κ2) is 7.26. The first-order chi connectivity index (χ1) is 9.39. The third kappa shape index (κ3) is 4.51. The molecular weight excluding hydrogens is 260 g/mol. The van der Waals surface area contributed by atoms with Crippen LogP contribution in [-0.4, -0.2) is 47.4 Å². The van der Waals surface area contributed by atoms with Gasteiger partial charge in [0.1, 0.15) is 0 Å². The van der Waals surface area contributed by atoms with Crippen LogP contribution in [0.4, 0.5) is 0 Å². The first-order valence-electron chi connectivity index (χ1n) is 7.17. The molecule has 0 radical (unpaired) electrons. The molecule has 1 aliphatic rings. The Balaban J connectivity index is 2.47. The number of hydrogen-bond acceptors (Lipinski definition) is 3. The highest BCUT2D eigenvalue weighted by atomic mass is 16.4. The Labute approximate surface area is 119 Å². The minimum atomic E-state index is -0.960. The summed E-state index contributed by atoms with van der Waals surface area (Å²) >= 11 is 0. The molecule has 2 amide bonds. The van der Waals surface area contributed by atoms with E-state index in [4.69, 9.17) is 5.11 Å². The summed E-state index contributed by atoms with van der Waals surface area (Å²) in [4.78, 5) is 36.3. The largest absolute Gasteiger partial charge is 0.481 e. The lowest BCUT2D eigenvalue weighted by atomic mass is 9.88. The molecule has 1 rings (SSSR count). The number of carboxylic acids is 1. The molecule has 6 heteroatoms. The predicted molar refractivity (Wildman–Crippen MR) is 74.1 cm³/mol. The fourth-order valence-corrected chi connectivity index (χ4v) is 2.08. The molecule has 1 heterocycles. The van der Waals surface area contributed by atoms with E-state index in [2.05, 4.69) is 5.32 Å². The molecule has 0 aliphatic carbocycles. The van der Waals surface area contributed by atoms with E-state index in [1.54, 1.807) is 18.7 Å². The summed E-state index contributed by atoms with van der Waals surface area (Å²) in [7, 11) is 0. The zero-order valence-corrected chi connectivity index (χ0v) is 12.3. The Hall–Kier alpha value is -1.59. The summed E-state index contributed by atoms with van der Waals surface area (Å²) in [5.41, 5.74) is -0.960. The predicted octanol–water partition coefficient (Wildman–Crippen LogP) is 1.01. The van der Waals surface area contributed by atoms with Crippen LogP contribution in [0.3, 0.4) is 0 Å². The van der Waals surface area contributed by atoms with Gasteiger partial charge < -0.3 is 15.3 Å². The normalized spacial score (nSPS) is 19.1. The number of carboxylic acid groups (broad SMARTS) is 1. The van der Waals surface area contributed by atoms with Crippen molar-refractivity contribution in [2.24, 2.45) is 5.41 Å². The fraction of sp³-hybridized carbons (Fsp3) is 0.786. The number of likely N-dealkylation sites (tertiary alicyclic amines) is 1. The van der Waals surface area contributed by atoms with E-state index in [9.17, 15) is 14.4 Å². The molecule has 0 bridgehead atoms. The number of rotatable bonds is 6. The molecule has 1 saturated heterocycles. The lowest BCUT2D eigenvalue weighted by Gasteiger charge is -2.25. The Bertz CT molecular complexity index is 383. The highest BCUT2D eigenvalue weighted by Crippen LogP contribution is 2.19. The molecule has 1 fully saturated rings. The number of nitrogens with zero attached hydrogens (tertiary/aromatic N) is 1. The van der Waals surface area contributed by atoms with Gasteiger partial charge in [0.15, 0.2) is 0 Å². The van der Waals surface area contributed by atoms with Gasteiger partial charge in [-0.1, -0.05) is 13.3 Å². The zero-order valence-electron chi connectivity index (χ0n) is 12.3. The minimum absolute atomic E-state index is 0.00846. The smallest absolute Gasteiger partial charge is 0.311 e. The SMILES string of the molecule is CCC(C)(CNC(=O)CN1CCCCCC1=O)C(=O)O. The minimum Gasteiger partial charge on any atom is -0.481 e. The number of carbonyl (C=O) groups excluding carboxylic acids is 2. The van der Waals surface area contributed by atoms with Gasteiger partial charge in [-0.2, -0.15) is 0 Å². The van der Waals surface area contributed by atoms with Crippen molar-refractivity contribution in [2.45, 2.75) is 46.0 Å². The topological polar surface area (TPSA) is 86.7 Å². The first kappa shape index (κ1) is 16.5. The number of amides is 2. The molecule has 114 valence electrons. The van der Waals surface area contributed by atoms with Crippen LogP contribution >= 0.6 is 0 Å². The third-order valence-corrected chi connectivity index (χ3v) is 3.98. The third-order valence-electron chi connectivity index (χ3n) is 3.98. The second-order valence-electron chi connectivity index (χ2n) is 5.62. The average molecular weight is 284 g/mol. The highest BCUT2D eigenvalue weighted by Gasteiger charge is 2.31. The van der Waals surface area contributed by atoms with Gasteiger partial charge in [-0.25, -0.2) is 0 Å². The quantitative estimate of drug-likeness (QED) is 0.762. The molecule has 0 aromatic heterocycles. The average Bonchev–Trinajstić information content (AvgIpc) is 2.61. The first-order valence-corrected chi connectivity index (χ1v) is 7.17. The van der Waals surface area contributed by atoms with Gasteiger partial charge in [0.05, 0.1) is 12.0 Å². The summed E-state index contributed by atoms with van der Waals surface area (Å²) in [6.45, 7) is 4.10. The molecule has 0 spiro atoms. The van der Waals surface area contributed by atoms with Gasteiger partial charge in [0.2, 0.25) is 11.8 Å². The maximum atomic E-state index is 11.9. The van der Waals surface area contributed by atoms with E-state index in [0.29, 0.717) is 19.4 Å². The van der Waals surface area contributed by atoms with Crippen LogP contribution in [0.1, 0.15) is 46.0 Å². The maximum Gasteiger partial charge on any atom is 0.311 e. The van der Waals surface area contributed by atoms with Gasteiger partial charge in [0.25, 0.3) is 0 Å². The molecule has 1 atom stereocenters. The maximum absolute atomic E-state index is 11.9. The van der Waals surface area contributed by atoms with Crippen LogP contribution in [0.25, 0.3) is 0 Å². The Morgan fingerprint density at radius 3 is 2.65 bits per heavy atom. The Morgan fingerprint density at radius 2 is 2.05 bits per heavy atom. The van der Waals surface area contributed by atoms with Crippen molar-refractivity contribution in [2.75, 3.05) is 19.6 Å².